The third-order valence-electron chi connectivity index (χ3n) is 6.38. The van der Waals surface area contributed by atoms with Crippen molar-refractivity contribution in [2.75, 3.05) is 17.7 Å². The van der Waals surface area contributed by atoms with E-state index in [0.29, 0.717) is 18.8 Å². The number of aliphatic hydroxyl groups excluding tert-OH is 1. The summed E-state index contributed by atoms with van der Waals surface area (Å²) < 4.78 is 1.93. The first-order chi connectivity index (χ1) is 15.2. The van der Waals surface area contributed by atoms with Crippen LogP contribution in [-0.4, -0.2) is 37.5 Å². The second kappa shape index (κ2) is 10.1. The Kier molecular flexibility index (Phi) is 7.02. The first-order valence-corrected chi connectivity index (χ1v) is 11.6. The molecule has 1 atom stereocenters. The summed E-state index contributed by atoms with van der Waals surface area (Å²) in [5, 5.41) is 17.4. The summed E-state index contributed by atoms with van der Waals surface area (Å²) in [6.07, 6.45) is 11.1. The molecule has 7 heteroatoms. The molecule has 166 valence electrons. The van der Waals surface area contributed by atoms with Crippen LogP contribution in [0.4, 0.5) is 11.8 Å². The number of aryl methyl sites for hydroxylation is 1. The summed E-state index contributed by atoms with van der Waals surface area (Å²) in [4.78, 5) is 8.82. The molecule has 4 rings (SSSR count). The van der Waals surface area contributed by atoms with Gasteiger partial charge in [0.05, 0.1) is 12.7 Å². The van der Waals surface area contributed by atoms with Crippen LogP contribution in [0.5, 0.6) is 0 Å². The SMILES string of the molecule is CCC[C@@H](CCO)Nc1nc(N)nc2cnn(Cc3ccc(CCC4CCC4)cc3)c12. The number of nitrogen functional groups attached to an aromatic ring is 1. The van der Waals surface area contributed by atoms with E-state index < -0.39 is 0 Å². The second-order valence-corrected chi connectivity index (χ2v) is 8.76. The molecule has 31 heavy (non-hydrogen) atoms. The minimum atomic E-state index is 0.130. The number of rotatable bonds is 11. The minimum Gasteiger partial charge on any atom is -0.396 e. The largest absolute Gasteiger partial charge is 0.396 e. The standard InChI is InChI=1S/C24H34N6O/c1-2-4-20(13-14-31)27-23-22-21(28-24(25)29-23)15-26-30(22)16-19-11-9-18(10-12-19)8-7-17-5-3-6-17/h9-12,15,17,20,31H,2-8,13-14,16H2,1H3,(H3,25,27,28,29)/t20-/m0/s1. The van der Waals surface area contributed by atoms with Crippen LogP contribution < -0.4 is 11.1 Å². The Labute approximate surface area is 184 Å². The molecule has 1 aromatic carbocycles. The van der Waals surface area contributed by atoms with E-state index in [-0.39, 0.29) is 18.6 Å². The van der Waals surface area contributed by atoms with Crippen LogP contribution in [-0.2, 0) is 13.0 Å². The molecule has 1 fully saturated rings. The fourth-order valence-corrected chi connectivity index (χ4v) is 4.36. The van der Waals surface area contributed by atoms with Gasteiger partial charge in [-0.2, -0.15) is 10.1 Å². The molecule has 0 spiro atoms. The number of benzene rings is 1. The topological polar surface area (TPSA) is 102 Å². The fraction of sp³-hybridized carbons (Fsp3) is 0.542. The van der Waals surface area contributed by atoms with Gasteiger partial charge in [-0.3, -0.25) is 4.68 Å². The molecule has 0 amide bonds. The maximum Gasteiger partial charge on any atom is 0.222 e. The molecule has 0 unspecified atom stereocenters. The zero-order chi connectivity index (χ0) is 21.6. The molecule has 0 radical (unpaired) electrons. The minimum absolute atomic E-state index is 0.130. The Morgan fingerprint density at radius 1 is 1.16 bits per heavy atom. The van der Waals surface area contributed by atoms with Crippen molar-refractivity contribution >= 4 is 22.8 Å². The van der Waals surface area contributed by atoms with Gasteiger partial charge in [0, 0.05) is 12.6 Å². The first-order valence-electron chi connectivity index (χ1n) is 11.6. The van der Waals surface area contributed by atoms with Gasteiger partial charge < -0.3 is 16.2 Å². The molecule has 3 aromatic rings. The van der Waals surface area contributed by atoms with Crippen molar-refractivity contribution in [1.82, 2.24) is 19.7 Å². The molecule has 0 aliphatic heterocycles. The number of fused-ring (bicyclic) bond motifs is 1. The lowest BCUT2D eigenvalue weighted by Gasteiger charge is -2.25. The van der Waals surface area contributed by atoms with Gasteiger partial charge in [-0.1, -0.05) is 56.9 Å². The number of aromatic nitrogens is 4. The lowest BCUT2D eigenvalue weighted by Crippen LogP contribution is -2.22. The number of anilines is 2. The van der Waals surface area contributed by atoms with Crippen molar-refractivity contribution in [3.8, 4) is 0 Å². The van der Waals surface area contributed by atoms with E-state index in [0.717, 1.165) is 29.8 Å². The normalized spacial score (nSPS) is 15.2. The number of hydrogen-bond donors (Lipinski definition) is 3. The smallest absolute Gasteiger partial charge is 0.222 e. The van der Waals surface area contributed by atoms with Gasteiger partial charge in [0.2, 0.25) is 5.95 Å². The fourth-order valence-electron chi connectivity index (χ4n) is 4.36. The zero-order valence-corrected chi connectivity index (χ0v) is 18.4. The average molecular weight is 423 g/mol. The van der Waals surface area contributed by atoms with E-state index in [1.165, 1.54) is 43.2 Å². The highest BCUT2D eigenvalue weighted by Gasteiger charge is 2.18. The molecule has 1 aliphatic rings. The Morgan fingerprint density at radius 3 is 2.61 bits per heavy atom. The molecular weight excluding hydrogens is 388 g/mol. The molecule has 0 saturated heterocycles. The van der Waals surface area contributed by atoms with E-state index in [1.54, 1.807) is 6.20 Å². The Hall–Kier alpha value is -2.67. The van der Waals surface area contributed by atoms with Crippen molar-refractivity contribution in [3.63, 3.8) is 0 Å². The van der Waals surface area contributed by atoms with Crippen LogP contribution in [0.25, 0.3) is 11.0 Å². The van der Waals surface area contributed by atoms with Crippen LogP contribution in [0.15, 0.2) is 30.5 Å². The third-order valence-corrected chi connectivity index (χ3v) is 6.38. The Balaban J connectivity index is 1.52. The van der Waals surface area contributed by atoms with Crippen molar-refractivity contribution in [3.05, 3.63) is 41.6 Å². The number of nitrogens with one attached hydrogen (secondary N) is 1. The quantitative estimate of drug-likeness (QED) is 0.429. The molecular formula is C24H34N6O. The lowest BCUT2D eigenvalue weighted by molar-refractivity contribution is 0.276. The van der Waals surface area contributed by atoms with E-state index in [1.807, 2.05) is 4.68 Å². The molecule has 2 heterocycles. The first kappa shape index (κ1) is 21.6. The summed E-state index contributed by atoms with van der Waals surface area (Å²) in [6, 6.07) is 9.00. The number of aliphatic hydroxyl groups is 1. The molecule has 0 bridgehead atoms. The monoisotopic (exact) mass is 422 g/mol. The van der Waals surface area contributed by atoms with Crippen molar-refractivity contribution < 1.29 is 5.11 Å². The molecule has 1 saturated carbocycles. The maximum absolute atomic E-state index is 9.41. The van der Waals surface area contributed by atoms with Crippen molar-refractivity contribution in [1.29, 1.82) is 0 Å². The molecule has 7 nitrogen and oxygen atoms in total. The van der Waals surface area contributed by atoms with Gasteiger partial charge >= 0.3 is 0 Å². The van der Waals surface area contributed by atoms with Crippen LogP contribution in [0.1, 0.15) is 63.0 Å². The Morgan fingerprint density at radius 2 is 1.94 bits per heavy atom. The predicted molar refractivity (Wildman–Crippen MR) is 125 cm³/mol. The molecule has 2 aromatic heterocycles. The van der Waals surface area contributed by atoms with E-state index in [2.05, 4.69) is 51.6 Å². The average Bonchev–Trinajstić information content (AvgIpc) is 3.11. The summed E-state index contributed by atoms with van der Waals surface area (Å²) >= 11 is 0. The molecule has 1 aliphatic carbocycles. The van der Waals surface area contributed by atoms with Crippen LogP contribution >= 0.6 is 0 Å². The van der Waals surface area contributed by atoms with Gasteiger partial charge in [0.15, 0.2) is 5.82 Å². The molecule has 4 N–H and O–H groups in total. The third kappa shape index (κ3) is 5.34. The van der Waals surface area contributed by atoms with Gasteiger partial charge in [-0.15, -0.1) is 0 Å². The van der Waals surface area contributed by atoms with E-state index >= 15 is 0 Å². The summed E-state index contributed by atoms with van der Waals surface area (Å²) in [5.41, 5.74) is 10.1. The van der Waals surface area contributed by atoms with E-state index in [4.69, 9.17) is 5.73 Å². The van der Waals surface area contributed by atoms with Gasteiger partial charge in [-0.25, -0.2) is 4.98 Å². The highest BCUT2D eigenvalue weighted by molar-refractivity contribution is 5.86. The van der Waals surface area contributed by atoms with Crippen molar-refractivity contribution in [2.45, 2.75) is 70.9 Å². The second-order valence-electron chi connectivity index (χ2n) is 8.76. The van der Waals surface area contributed by atoms with Crippen LogP contribution in [0.2, 0.25) is 0 Å². The van der Waals surface area contributed by atoms with Crippen LogP contribution in [0.3, 0.4) is 0 Å². The van der Waals surface area contributed by atoms with Crippen molar-refractivity contribution in [2.24, 2.45) is 5.92 Å². The number of nitrogens with zero attached hydrogens (tertiary/aromatic N) is 4. The van der Waals surface area contributed by atoms with Crippen LogP contribution in [0, 0.1) is 5.92 Å². The summed E-state index contributed by atoms with van der Waals surface area (Å²) in [5.74, 6) is 1.85. The van der Waals surface area contributed by atoms with Gasteiger partial charge in [0.1, 0.15) is 11.0 Å². The highest BCUT2D eigenvalue weighted by atomic mass is 16.3. The van der Waals surface area contributed by atoms with Gasteiger partial charge in [-0.05, 0) is 42.7 Å². The summed E-state index contributed by atoms with van der Waals surface area (Å²) in [6.45, 7) is 2.91. The summed E-state index contributed by atoms with van der Waals surface area (Å²) in [7, 11) is 0. The van der Waals surface area contributed by atoms with E-state index in [9.17, 15) is 5.11 Å². The zero-order valence-electron chi connectivity index (χ0n) is 18.4. The lowest BCUT2D eigenvalue weighted by atomic mass is 9.81. The highest BCUT2D eigenvalue weighted by Crippen LogP contribution is 2.30. The number of nitrogens with two attached hydrogens (primary N) is 1. The maximum atomic E-state index is 9.41. The predicted octanol–water partition coefficient (Wildman–Crippen LogP) is 4.15. The Bertz CT molecular complexity index is 974. The number of hydrogen-bond acceptors (Lipinski definition) is 6. The van der Waals surface area contributed by atoms with Gasteiger partial charge in [0.25, 0.3) is 0 Å².